The van der Waals surface area contributed by atoms with E-state index in [1.807, 2.05) is 42.5 Å². The van der Waals surface area contributed by atoms with Crippen molar-refractivity contribution >= 4 is 50.6 Å². The van der Waals surface area contributed by atoms with Gasteiger partial charge in [0.2, 0.25) is 0 Å². The van der Waals surface area contributed by atoms with E-state index in [-0.39, 0.29) is 12.2 Å². The number of esters is 1. The van der Waals surface area contributed by atoms with Crippen LogP contribution in [0.15, 0.2) is 61.2 Å². The minimum atomic E-state index is -0.691. The van der Waals surface area contributed by atoms with Gasteiger partial charge in [-0.05, 0) is 54.1 Å². The van der Waals surface area contributed by atoms with E-state index in [0.717, 1.165) is 8.66 Å². The lowest BCUT2D eigenvalue weighted by atomic mass is 9.95. The number of hydrogen-bond donors (Lipinski definition) is 0. The van der Waals surface area contributed by atoms with Crippen LogP contribution >= 0.6 is 38.6 Å². The number of rotatable bonds is 5. The summed E-state index contributed by atoms with van der Waals surface area (Å²) >= 11 is 6.29. The topological polar surface area (TPSA) is 69.9 Å². The first-order valence-electron chi connectivity index (χ1n) is 9.52. The molecule has 9 heteroatoms. The fourth-order valence-electron chi connectivity index (χ4n) is 3.51. The van der Waals surface area contributed by atoms with Crippen LogP contribution in [0.3, 0.4) is 0 Å². The van der Waals surface area contributed by atoms with Gasteiger partial charge >= 0.3 is 5.97 Å². The van der Waals surface area contributed by atoms with Gasteiger partial charge in [0.1, 0.15) is 11.8 Å². The lowest BCUT2D eigenvalue weighted by Crippen LogP contribution is -2.40. The van der Waals surface area contributed by atoms with E-state index in [1.54, 1.807) is 25.5 Å². The highest BCUT2D eigenvalue weighted by Crippen LogP contribution is 2.35. The number of thiazole rings is 1. The molecule has 0 aliphatic carbocycles. The van der Waals surface area contributed by atoms with E-state index in [4.69, 9.17) is 9.47 Å². The molecule has 3 aromatic rings. The predicted octanol–water partition coefficient (Wildman–Crippen LogP) is 3.63. The van der Waals surface area contributed by atoms with Crippen LogP contribution in [0.4, 0.5) is 0 Å². The van der Waals surface area contributed by atoms with Gasteiger partial charge in [0.15, 0.2) is 4.80 Å². The number of carbonyl (C=O) groups excluding carboxylic acids is 1. The Bertz CT molecular complexity index is 1370. The summed E-state index contributed by atoms with van der Waals surface area (Å²) in [5.41, 5.74) is 1.36. The average molecular weight is 519 g/mol. The minimum absolute atomic E-state index is 0.210. The number of allylic oxidation sites excluding steroid dienone is 1. The van der Waals surface area contributed by atoms with Crippen molar-refractivity contribution in [2.45, 2.75) is 19.9 Å². The number of methoxy groups -OCH3 is 1. The first-order valence-corrected chi connectivity index (χ1v) is 11.9. The summed E-state index contributed by atoms with van der Waals surface area (Å²) in [4.78, 5) is 32.5. The Morgan fingerprint density at radius 2 is 2.03 bits per heavy atom. The van der Waals surface area contributed by atoms with Crippen LogP contribution in [0, 0.1) is 0 Å². The first-order chi connectivity index (χ1) is 14.9. The molecule has 2 aromatic heterocycles. The molecule has 160 valence electrons. The van der Waals surface area contributed by atoms with Crippen LogP contribution in [0.1, 0.15) is 30.3 Å². The molecular formula is C22H19BrN2O4S2. The Balaban J connectivity index is 2.00. The summed E-state index contributed by atoms with van der Waals surface area (Å²) in [6, 6.07) is 10.6. The van der Waals surface area contributed by atoms with E-state index in [1.165, 1.54) is 22.7 Å². The molecule has 0 amide bonds. The van der Waals surface area contributed by atoms with Gasteiger partial charge in [-0.3, -0.25) is 9.36 Å². The van der Waals surface area contributed by atoms with Crippen molar-refractivity contribution in [3.8, 4) is 5.75 Å². The first kappa shape index (κ1) is 21.7. The molecule has 0 saturated carbocycles. The summed E-state index contributed by atoms with van der Waals surface area (Å²) in [6.07, 6.45) is 1.85. The molecule has 1 aliphatic heterocycles. The molecule has 3 heterocycles. The zero-order chi connectivity index (χ0) is 22.1. The highest BCUT2D eigenvalue weighted by atomic mass is 79.9. The quantitative estimate of drug-likeness (QED) is 0.483. The Labute approximate surface area is 194 Å². The fourth-order valence-corrected chi connectivity index (χ4v) is 5.99. The summed E-state index contributed by atoms with van der Waals surface area (Å²) in [7, 11) is 1.57. The molecular weight excluding hydrogens is 500 g/mol. The molecule has 0 bridgehead atoms. The van der Waals surface area contributed by atoms with Crippen LogP contribution in [-0.2, 0) is 9.53 Å². The largest absolute Gasteiger partial charge is 0.496 e. The summed E-state index contributed by atoms with van der Waals surface area (Å²) < 4.78 is 14.0. The van der Waals surface area contributed by atoms with Gasteiger partial charge in [-0.1, -0.05) is 29.5 Å². The summed E-state index contributed by atoms with van der Waals surface area (Å²) in [5, 5.41) is 0. The molecule has 0 unspecified atom stereocenters. The number of hydrogen-bond acceptors (Lipinski definition) is 7. The van der Waals surface area contributed by atoms with E-state index < -0.39 is 12.0 Å². The number of nitrogens with zero attached hydrogens (tertiary/aromatic N) is 2. The molecule has 0 radical (unpaired) electrons. The zero-order valence-corrected chi connectivity index (χ0v) is 20.3. The normalized spacial score (nSPS) is 16.1. The van der Waals surface area contributed by atoms with Gasteiger partial charge in [0, 0.05) is 10.4 Å². The maximum atomic E-state index is 13.5. The highest BCUT2D eigenvalue weighted by Gasteiger charge is 2.34. The molecule has 1 aromatic carbocycles. The molecule has 4 rings (SSSR count). The molecule has 1 aliphatic rings. The Kier molecular flexibility index (Phi) is 6.27. The van der Waals surface area contributed by atoms with Gasteiger partial charge in [-0.15, -0.1) is 11.3 Å². The number of thiophene rings is 1. The number of fused-ring (bicyclic) bond motifs is 1. The number of ether oxygens (including phenoxy) is 2. The van der Waals surface area contributed by atoms with Crippen LogP contribution in [0.5, 0.6) is 5.75 Å². The van der Waals surface area contributed by atoms with Crippen molar-refractivity contribution in [2.75, 3.05) is 13.7 Å². The number of para-hydroxylation sites is 1. The monoisotopic (exact) mass is 518 g/mol. The molecule has 1 atom stereocenters. The van der Waals surface area contributed by atoms with E-state index in [9.17, 15) is 9.59 Å². The summed E-state index contributed by atoms with van der Waals surface area (Å²) in [5.74, 6) is 0.0943. The second-order valence-electron chi connectivity index (χ2n) is 6.69. The SMILES string of the molecule is CCOC(=O)C1=C(C)N=c2sc(=Cc3ccc(Br)s3)c(=O)n2[C@H]1c1ccccc1OC. The molecule has 6 nitrogen and oxygen atoms in total. The number of halogens is 1. The Morgan fingerprint density at radius 1 is 1.26 bits per heavy atom. The van der Waals surface area contributed by atoms with Crippen molar-refractivity contribution in [3.63, 3.8) is 0 Å². The van der Waals surface area contributed by atoms with Crippen molar-refractivity contribution < 1.29 is 14.3 Å². The standard InChI is InChI=1S/C22H19BrN2O4S2/c1-4-29-21(27)18-12(2)24-22-25(19(18)14-7-5-6-8-15(14)28-3)20(26)16(31-22)11-13-9-10-17(23)30-13/h5-11,19H,4H2,1-3H3/t19-/m0/s1. The number of aromatic nitrogens is 1. The second-order valence-corrected chi connectivity index (χ2v) is 10.2. The summed E-state index contributed by atoms with van der Waals surface area (Å²) in [6.45, 7) is 3.74. The smallest absolute Gasteiger partial charge is 0.338 e. The Hall–Kier alpha value is -2.49. The molecule has 0 N–H and O–H groups in total. The second kappa shape index (κ2) is 8.94. The maximum absolute atomic E-state index is 13.5. The van der Waals surface area contributed by atoms with Crippen LogP contribution in [-0.4, -0.2) is 24.3 Å². The van der Waals surface area contributed by atoms with Crippen molar-refractivity contribution in [3.05, 3.63) is 81.6 Å². The van der Waals surface area contributed by atoms with Gasteiger partial charge in [-0.25, -0.2) is 9.79 Å². The maximum Gasteiger partial charge on any atom is 0.338 e. The lowest BCUT2D eigenvalue weighted by Gasteiger charge is -2.25. The fraction of sp³-hybridized carbons (Fsp3) is 0.227. The zero-order valence-electron chi connectivity index (χ0n) is 17.0. The molecule has 0 fully saturated rings. The van der Waals surface area contributed by atoms with E-state index in [0.29, 0.717) is 31.9 Å². The third-order valence-corrected chi connectivity index (χ3v) is 7.37. The van der Waals surface area contributed by atoms with Gasteiger partial charge in [0.05, 0.1) is 33.3 Å². The van der Waals surface area contributed by atoms with Crippen LogP contribution in [0.2, 0.25) is 0 Å². The number of carbonyl (C=O) groups is 1. The minimum Gasteiger partial charge on any atom is -0.496 e. The molecule has 31 heavy (non-hydrogen) atoms. The highest BCUT2D eigenvalue weighted by molar-refractivity contribution is 9.11. The van der Waals surface area contributed by atoms with Crippen molar-refractivity contribution in [2.24, 2.45) is 4.99 Å². The third kappa shape index (κ3) is 4.05. The van der Waals surface area contributed by atoms with E-state index >= 15 is 0 Å². The van der Waals surface area contributed by atoms with Crippen molar-refractivity contribution in [1.82, 2.24) is 4.57 Å². The molecule has 0 saturated heterocycles. The van der Waals surface area contributed by atoms with Gasteiger partial charge in [0.25, 0.3) is 5.56 Å². The van der Waals surface area contributed by atoms with Crippen molar-refractivity contribution in [1.29, 1.82) is 0 Å². The third-order valence-electron chi connectivity index (χ3n) is 4.82. The van der Waals surface area contributed by atoms with Gasteiger partial charge < -0.3 is 9.47 Å². The molecule has 0 spiro atoms. The average Bonchev–Trinajstić information content (AvgIpc) is 3.29. The number of benzene rings is 1. The van der Waals surface area contributed by atoms with Crippen LogP contribution in [0.25, 0.3) is 6.08 Å². The van der Waals surface area contributed by atoms with Crippen LogP contribution < -0.4 is 19.6 Å². The Morgan fingerprint density at radius 3 is 2.71 bits per heavy atom. The lowest BCUT2D eigenvalue weighted by molar-refractivity contribution is -0.139. The predicted molar refractivity (Wildman–Crippen MR) is 125 cm³/mol. The van der Waals surface area contributed by atoms with E-state index in [2.05, 4.69) is 20.9 Å². The van der Waals surface area contributed by atoms with Gasteiger partial charge in [-0.2, -0.15) is 0 Å².